The van der Waals surface area contributed by atoms with Crippen molar-refractivity contribution in [1.29, 1.82) is 0 Å². The van der Waals surface area contributed by atoms with Crippen LogP contribution in [0.2, 0.25) is 0 Å². The number of non-ortho nitro benzene ring substituents is 1. The quantitative estimate of drug-likeness (QED) is 0.201. The maximum Gasteiger partial charge on any atom is 0.362 e. The molecular weight excluding hydrogens is 456 g/mol. The van der Waals surface area contributed by atoms with E-state index >= 15 is 0 Å². The molecule has 0 saturated carbocycles. The van der Waals surface area contributed by atoms with Gasteiger partial charge in [-0.3, -0.25) is 24.6 Å². The molecule has 186 valence electrons. The van der Waals surface area contributed by atoms with Gasteiger partial charge in [-0.25, -0.2) is 9.59 Å². The number of ether oxygens (including phenoxy) is 1. The van der Waals surface area contributed by atoms with Gasteiger partial charge in [-0.15, -0.1) is 0 Å². The number of nitro benzene ring substituents is 1. The molecule has 11 nitrogen and oxygen atoms in total. The average molecular weight is 485 g/mol. The minimum absolute atomic E-state index is 0.0208. The summed E-state index contributed by atoms with van der Waals surface area (Å²) < 4.78 is 5.13. The first-order chi connectivity index (χ1) is 16.5. The highest BCUT2D eigenvalue weighted by atomic mass is 16.6. The van der Waals surface area contributed by atoms with Gasteiger partial charge in [0.15, 0.2) is 0 Å². The third-order valence-electron chi connectivity index (χ3n) is 7.28. The maximum absolute atomic E-state index is 13.2. The Bertz CT molecular complexity index is 1130. The maximum atomic E-state index is 13.2. The van der Waals surface area contributed by atoms with E-state index < -0.39 is 16.9 Å². The first kappa shape index (κ1) is 24.5. The molecule has 0 aromatic heterocycles. The molecule has 4 rings (SSSR count). The van der Waals surface area contributed by atoms with E-state index in [1.54, 1.807) is 0 Å². The van der Waals surface area contributed by atoms with Crippen molar-refractivity contribution in [2.75, 3.05) is 19.6 Å². The highest BCUT2D eigenvalue weighted by Gasteiger charge is 2.59. The van der Waals surface area contributed by atoms with Crippen LogP contribution in [0.3, 0.4) is 0 Å². The summed E-state index contributed by atoms with van der Waals surface area (Å²) in [6, 6.07) is 4.51. The molecule has 0 aliphatic carbocycles. The number of nitrogens with zero attached hydrogens (tertiary/aromatic N) is 3. The molecule has 35 heavy (non-hydrogen) atoms. The van der Waals surface area contributed by atoms with E-state index in [0.717, 1.165) is 12.1 Å². The number of amides is 2. The second-order valence-corrected chi connectivity index (χ2v) is 9.74. The molecule has 0 radical (unpaired) electrons. The minimum atomic E-state index is -0.962. The van der Waals surface area contributed by atoms with Gasteiger partial charge in [0.1, 0.15) is 5.70 Å². The van der Waals surface area contributed by atoms with E-state index in [1.807, 2.05) is 25.7 Å². The van der Waals surface area contributed by atoms with Gasteiger partial charge in [-0.05, 0) is 36.6 Å². The fourth-order valence-electron chi connectivity index (χ4n) is 5.39. The molecular formula is C24H28N4O7. The molecule has 3 aliphatic rings. The second kappa shape index (κ2) is 9.21. The van der Waals surface area contributed by atoms with Crippen molar-refractivity contribution >= 4 is 29.4 Å². The Labute approximate surface area is 202 Å². The third kappa shape index (κ3) is 4.31. The molecule has 2 saturated heterocycles. The lowest BCUT2D eigenvalue weighted by Gasteiger charge is -2.47. The SMILES string of the molecule is CC(C)[C@H]1C(=O)N2C(C(=O)OC(=O)c3ccc([N+](=O)[O-])cc3)=C(CN3CC[C@@H](C(N)=O)C3)[C@H](C)[C@H]12. The predicted molar refractivity (Wildman–Crippen MR) is 122 cm³/mol. The fraction of sp³-hybridized carbons (Fsp3) is 0.500. The van der Waals surface area contributed by atoms with Crippen LogP contribution >= 0.6 is 0 Å². The molecule has 1 aromatic carbocycles. The van der Waals surface area contributed by atoms with Crippen LogP contribution in [0.1, 0.15) is 37.6 Å². The fourth-order valence-corrected chi connectivity index (χ4v) is 5.39. The molecule has 11 heteroatoms. The summed E-state index contributed by atoms with van der Waals surface area (Å²) >= 11 is 0. The topological polar surface area (TPSA) is 153 Å². The van der Waals surface area contributed by atoms with Crippen molar-refractivity contribution in [2.24, 2.45) is 29.4 Å². The van der Waals surface area contributed by atoms with Crippen LogP contribution in [0.5, 0.6) is 0 Å². The Kier molecular flexibility index (Phi) is 6.46. The lowest BCUT2D eigenvalue weighted by atomic mass is 9.74. The normalized spacial score (nSPS) is 26.1. The molecule has 3 aliphatic heterocycles. The number of esters is 2. The van der Waals surface area contributed by atoms with Crippen LogP contribution in [0.25, 0.3) is 0 Å². The minimum Gasteiger partial charge on any atom is -0.385 e. The molecule has 0 bridgehead atoms. The van der Waals surface area contributed by atoms with Crippen molar-refractivity contribution in [1.82, 2.24) is 9.80 Å². The van der Waals surface area contributed by atoms with Crippen LogP contribution < -0.4 is 5.73 Å². The van der Waals surface area contributed by atoms with E-state index in [1.165, 1.54) is 17.0 Å². The zero-order valence-corrected chi connectivity index (χ0v) is 19.8. The number of nitro groups is 1. The molecule has 1 aromatic rings. The highest BCUT2D eigenvalue weighted by Crippen LogP contribution is 2.49. The number of carbonyl (C=O) groups excluding carboxylic acids is 4. The molecule has 2 N–H and O–H groups in total. The van der Waals surface area contributed by atoms with Crippen LogP contribution in [-0.2, 0) is 19.1 Å². The highest BCUT2D eigenvalue weighted by molar-refractivity contribution is 6.06. The Balaban J connectivity index is 1.59. The van der Waals surface area contributed by atoms with Gasteiger partial charge < -0.3 is 15.4 Å². The number of β-lactam (4-membered cyclic amide) rings is 1. The Morgan fingerprint density at radius 1 is 1.20 bits per heavy atom. The molecule has 2 fully saturated rings. The van der Waals surface area contributed by atoms with Crippen LogP contribution in [0, 0.1) is 33.8 Å². The molecule has 4 atom stereocenters. The number of primary amides is 1. The molecule has 0 unspecified atom stereocenters. The lowest BCUT2D eigenvalue weighted by Crippen LogP contribution is -2.62. The Hall–Kier alpha value is -3.60. The number of nitrogens with two attached hydrogens (primary N) is 1. The summed E-state index contributed by atoms with van der Waals surface area (Å²) in [7, 11) is 0. The number of rotatable bonds is 7. The first-order valence-corrected chi connectivity index (χ1v) is 11.6. The summed E-state index contributed by atoms with van der Waals surface area (Å²) in [5.74, 6) is -3.01. The summed E-state index contributed by atoms with van der Waals surface area (Å²) in [5.41, 5.74) is 6.00. The van der Waals surface area contributed by atoms with Gasteiger partial charge in [-0.1, -0.05) is 20.8 Å². The largest absolute Gasteiger partial charge is 0.385 e. The summed E-state index contributed by atoms with van der Waals surface area (Å²) in [6.45, 7) is 7.31. The Morgan fingerprint density at radius 2 is 1.86 bits per heavy atom. The lowest BCUT2D eigenvalue weighted by molar-refractivity contribution is -0.384. The van der Waals surface area contributed by atoms with Gasteiger partial charge in [0.05, 0.1) is 28.4 Å². The van der Waals surface area contributed by atoms with Crippen molar-refractivity contribution in [3.05, 3.63) is 51.2 Å². The second-order valence-electron chi connectivity index (χ2n) is 9.74. The number of likely N-dealkylation sites (tertiary alicyclic amines) is 1. The standard InChI is InChI=1S/C24H28N4O7/c1-12(2)18-19-13(3)17(11-26-9-8-15(10-26)21(25)29)20(27(19)22(18)30)24(32)35-23(31)14-4-6-16(7-5-14)28(33)34/h4-7,12-13,15,18-19H,8-11H2,1-3H3,(H2,25,29)/t13-,15+,18+,19+/m0/s1. The third-order valence-corrected chi connectivity index (χ3v) is 7.28. The number of carbonyl (C=O) groups is 4. The van der Waals surface area contributed by atoms with E-state index in [2.05, 4.69) is 0 Å². The summed E-state index contributed by atoms with van der Waals surface area (Å²) in [4.78, 5) is 64.1. The molecule has 2 amide bonds. The monoisotopic (exact) mass is 484 g/mol. The number of benzene rings is 1. The predicted octanol–water partition coefficient (Wildman–Crippen LogP) is 1.47. The van der Waals surface area contributed by atoms with Crippen LogP contribution in [0.15, 0.2) is 35.5 Å². The zero-order chi connectivity index (χ0) is 25.6. The van der Waals surface area contributed by atoms with Crippen LogP contribution in [-0.4, -0.2) is 64.2 Å². The van der Waals surface area contributed by atoms with Crippen molar-refractivity contribution in [3.63, 3.8) is 0 Å². The van der Waals surface area contributed by atoms with Gasteiger partial charge >= 0.3 is 11.9 Å². The first-order valence-electron chi connectivity index (χ1n) is 11.6. The Morgan fingerprint density at radius 3 is 2.40 bits per heavy atom. The number of hydrogen-bond donors (Lipinski definition) is 1. The average Bonchev–Trinajstić information content (AvgIpc) is 3.36. The molecule has 3 heterocycles. The molecule has 0 spiro atoms. The van der Waals surface area contributed by atoms with E-state index in [4.69, 9.17) is 10.5 Å². The van der Waals surface area contributed by atoms with Gasteiger partial charge in [0.25, 0.3) is 5.69 Å². The van der Waals surface area contributed by atoms with E-state index in [0.29, 0.717) is 31.6 Å². The van der Waals surface area contributed by atoms with E-state index in [-0.39, 0.29) is 58.5 Å². The summed E-state index contributed by atoms with van der Waals surface area (Å²) in [6.07, 6.45) is 0.621. The van der Waals surface area contributed by atoms with Crippen molar-refractivity contribution in [2.45, 2.75) is 33.2 Å². The van der Waals surface area contributed by atoms with Gasteiger partial charge in [-0.2, -0.15) is 0 Å². The number of fused-ring (bicyclic) bond motifs is 1. The van der Waals surface area contributed by atoms with Crippen molar-refractivity contribution in [3.8, 4) is 0 Å². The van der Waals surface area contributed by atoms with Crippen molar-refractivity contribution < 1.29 is 28.8 Å². The smallest absolute Gasteiger partial charge is 0.362 e. The van der Waals surface area contributed by atoms with Gasteiger partial charge in [0, 0.05) is 31.1 Å². The number of hydrogen-bond acceptors (Lipinski definition) is 8. The summed E-state index contributed by atoms with van der Waals surface area (Å²) in [5, 5.41) is 10.8. The van der Waals surface area contributed by atoms with Crippen LogP contribution in [0.4, 0.5) is 5.69 Å². The van der Waals surface area contributed by atoms with E-state index in [9.17, 15) is 29.3 Å². The zero-order valence-electron chi connectivity index (χ0n) is 19.8. The van der Waals surface area contributed by atoms with Gasteiger partial charge in [0.2, 0.25) is 11.8 Å².